The van der Waals surface area contributed by atoms with Crippen LogP contribution in [0.15, 0.2) is 40.6 Å². The van der Waals surface area contributed by atoms with Crippen LogP contribution in [-0.4, -0.2) is 29.3 Å². The summed E-state index contributed by atoms with van der Waals surface area (Å²) in [6.07, 6.45) is 6.73. The summed E-state index contributed by atoms with van der Waals surface area (Å²) in [6.45, 7) is 1.76. The number of aliphatic hydroxyl groups is 1. The van der Waals surface area contributed by atoms with Crippen LogP contribution in [0.3, 0.4) is 0 Å². The maximum absolute atomic E-state index is 11.6. The summed E-state index contributed by atoms with van der Waals surface area (Å²) in [5.74, 6) is -2.41. The van der Waals surface area contributed by atoms with Crippen molar-refractivity contribution in [3.63, 3.8) is 0 Å². The second-order valence-corrected chi connectivity index (χ2v) is 3.54. The van der Waals surface area contributed by atoms with Gasteiger partial charge in [-0.1, -0.05) is 18.2 Å². The Kier molecular flexibility index (Phi) is 2.91. The number of carbonyl (C=O) groups excluding carboxylic acids is 2. The number of hydrogen-bond acceptors (Lipinski definition) is 4. The molecule has 1 amide bonds. The van der Waals surface area contributed by atoms with Gasteiger partial charge in [0.25, 0.3) is 5.91 Å². The maximum atomic E-state index is 11.6. The van der Waals surface area contributed by atoms with Crippen LogP contribution in [0.1, 0.15) is 6.92 Å². The number of esters is 1. The Bertz CT molecular complexity index is 497. The minimum atomic E-state index is -0.833. The lowest BCUT2D eigenvalue weighted by Gasteiger charge is -2.20. The van der Waals surface area contributed by atoms with Crippen molar-refractivity contribution < 1.29 is 19.4 Å². The van der Waals surface area contributed by atoms with Crippen LogP contribution in [-0.2, 0) is 14.3 Å². The van der Waals surface area contributed by atoms with Gasteiger partial charge in [-0.3, -0.25) is 4.79 Å². The number of hydrogen-bond donors (Lipinski definition) is 1. The molecule has 0 aromatic heterocycles. The molecule has 1 unspecified atom stereocenters. The number of allylic oxidation sites excluding steroid dienone is 4. The fraction of sp³-hybridized carbons (Fsp3) is 0.250. The molecule has 5 heteroatoms. The zero-order valence-corrected chi connectivity index (χ0v) is 9.21. The van der Waals surface area contributed by atoms with E-state index in [4.69, 9.17) is 4.74 Å². The standard InChI is InChI=1S/C12H11NO4/c1-2-17-12(16)9-10(14)7-5-3-4-6-8(7)13-11(9)15/h3-7,14H,2H2,1H3. The van der Waals surface area contributed by atoms with E-state index in [1.54, 1.807) is 31.2 Å². The average molecular weight is 233 g/mol. The Hall–Kier alpha value is -2.17. The second kappa shape index (κ2) is 4.37. The molecule has 1 atom stereocenters. The second-order valence-electron chi connectivity index (χ2n) is 3.54. The Labute approximate surface area is 97.8 Å². The van der Waals surface area contributed by atoms with Crippen molar-refractivity contribution in [1.29, 1.82) is 0 Å². The van der Waals surface area contributed by atoms with Gasteiger partial charge in [-0.25, -0.2) is 9.79 Å². The molecule has 0 aromatic carbocycles. The molecule has 2 rings (SSSR count). The fourth-order valence-electron chi connectivity index (χ4n) is 1.70. The van der Waals surface area contributed by atoms with Crippen molar-refractivity contribution in [1.82, 2.24) is 0 Å². The van der Waals surface area contributed by atoms with Crippen molar-refractivity contribution in [3.8, 4) is 0 Å². The molecule has 1 aliphatic heterocycles. The average Bonchev–Trinajstić information content (AvgIpc) is 2.29. The molecule has 0 bridgehead atoms. The third-order valence-corrected chi connectivity index (χ3v) is 2.48. The van der Waals surface area contributed by atoms with Gasteiger partial charge in [0.1, 0.15) is 5.76 Å². The van der Waals surface area contributed by atoms with Gasteiger partial charge in [0.2, 0.25) is 0 Å². The Morgan fingerprint density at radius 2 is 2.29 bits per heavy atom. The molecule has 88 valence electrons. The van der Waals surface area contributed by atoms with Crippen LogP contribution in [0.25, 0.3) is 0 Å². The number of rotatable bonds is 2. The number of ether oxygens (including phenoxy) is 1. The summed E-state index contributed by atoms with van der Waals surface area (Å²) < 4.78 is 4.71. The quantitative estimate of drug-likeness (QED) is 0.572. The van der Waals surface area contributed by atoms with E-state index in [-0.39, 0.29) is 17.9 Å². The summed E-state index contributed by atoms with van der Waals surface area (Å²) >= 11 is 0. The molecule has 0 radical (unpaired) electrons. The summed E-state index contributed by atoms with van der Waals surface area (Å²) in [4.78, 5) is 26.9. The van der Waals surface area contributed by atoms with Crippen LogP contribution >= 0.6 is 0 Å². The lowest BCUT2D eigenvalue weighted by Crippen LogP contribution is -2.28. The summed E-state index contributed by atoms with van der Waals surface area (Å²) in [5, 5.41) is 9.92. The Balaban J connectivity index is 2.39. The van der Waals surface area contributed by atoms with Crippen molar-refractivity contribution in [2.45, 2.75) is 6.92 Å². The first kappa shape index (κ1) is 11.3. The van der Waals surface area contributed by atoms with Crippen LogP contribution < -0.4 is 0 Å². The van der Waals surface area contributed by atoms with Crippen molar-refractivity contribution in [2.24, 2.45) is 10.9 Å². The number of dihydropyridines is 1. The SMILES string of the molecule is CCOC(=O)C1=C(O)C2C=CC=CC2=NC1=O. The van der Waals surface area contributed by atoms with Gasteiger partial charge in [0.15, 0.2) is 5.57 Å². The van der Waals surface area contributed by atoms with Gasteiger partial charge < -0.3 is 9.84 Å². The topological polar surface area (TPSA) is 76.0 Å². The molecular weight excluding hydrogens is 222 g/mol. The van der Waals surface area contributed by atoms with Crippen molar-refractivity contribution >= 4 is 17.6 Å². The molecule has 1 heterocycles. The molecule has 0 aromatic rings. The molecule has 1 aliphatic carbocycles. The van der Waals surface area contributed by atoms with Gasteiger partial charge in [-0.05, 0) is 13.0 Å². The molecule has 0 saturated heterocycles. The molecular formula is C12H11NO4. The Morgan fingerprint density at radius 3 is 3.00 bits per heavy atom. The molecule has 1 N–H and O–H groups in total. The number of aliphatic imine (C=N–C) groups is 1. The van der Waals surface area contributed by atoms with Gasteiger partial charge in [0, 0.05) is 0 Å². The fourth-order valence-corrected chi connectivity index (χ4v) is 1.70. The summed E-state index contributed by atoms with van der Waals surface area (Å²) in [6, 6.07) is 0. The molecule has 5 nitrogen and oxygen atoms in total. The van der Waals surface area contributed by atoms with E-state index in [1.807, 2.05) is 0 Å². The van der Waals surface area contributed by atoms with E-state index in [0.29, 0.717) is 5.71 Å². The molecule has 2 aliphatic rings. The third-order valence-electron chi connectivity index (χ3n) is 2.48. The summed E-state index contributed by atoms with van der Waals surface area (Å²) in [7, 11) is 0. The number of carbonyl (C=O) groups is 2. The van der Waals surface area contributed by atoms with Gasteiger partial charge >= 0.3 is 5.97 Å². The minimum Gasteiger partial charge on any atom is -0.510 e. The smallest absolute Gasteiger partial charge is 0.347 e. The monoisotopic (exact) mass is 233 g/mol. The largest absolute Gasteiger partial charge is 0.510 e. The van der Waals surface area contributed by atoms with Crippen LogP contribution in [0.4, 0.5) is 0 Å². The number of fused-ring (bicyclic) bond motifs is 1. The van der Waals surface area contributed by atoms with E-state index in [0.717, 1.165) is 0 Å². The van der Waals surface area contributed by atoms with Gasteiger partial charge in [-0.15, -0.1) is 0 Å². The third kappa shape index (κ3) is 1.91. The highest BCUT2D eigenvalue weighted by Crippen LogP contribution is 2.26. The molecule has 0 spiro atoms. The molecule has 17 heavy (non-hydrogen) atoms. The lowest BCUT2D eigenvalue weighted by molar-refractivity contribution is -0.140. The highest BCUT2D eigenvalue weighted by Gasteiger charge is 2.34. The Morgan fingerprint density at radius 1 is 1.53 bits per heavy atom. The zero-order valence-electron chi connectivity index (χ0n) is 9.21. The first-order valence-electron chi connectivity index (χ1n) is 5.23. The molecule has 0 fully saturated rings. The van der Waals surface area contributed by atoms with E-state index < -0.39 is 17.8 Å². The van der Waals surface area contributed by atoms with Crippen molar-refractivity contribution in [3.05, 3.63) is 35.6 Å². The van der Waals surface area contributed by atoms with Crippen LogP contribution in [0.5, 0.6) is 0 Å². The number of nitrogens with zero attached hydrogens (tertiary/aromatic N) is 1. The molecule has 0 saturated carbocycles. The van der Waals surface area contributed by atoms with Crippen molar-refractivity contribution in [2.75, 3.05) is 6.61 Å². The maximum Gasteiger partial charge on any atom is 0.347 e. The highest BCUT2D eigenvalue weighted by atomic mass is 16.5. The van der Waals surface area contributed by atoms with Crippen LogP contribution in [0.2, 0.25) is 0 Å². The van der Waals surface area contributed by atoms with Gasteiger partial charge in [-0.2, -0.15) is 0 Å². The first-order chi connectivity index (χ1) is 8.15. The van der Waals surface area contributed by atoms with Crippen LogP contribution in [0, 0.1) is 5.92 Å². The predicted octanol–water partition coefficient (Wildman–Crippen LogP) is 1.08. The highest BCUT2D eigenvalue weighted by molar-refractivity contribution is 6.24. The van der Waals surface area contributed by atoms with E-state index in [9.17, 15) is 14.7 Å². The first-order valence-corrected chi connectivity index (χ1v) is 5.23. The normalized spacial score (nSPS) is 22.3. The lowest BCUT2D eigenvalue weighted by atomic mass is 9.91. The predicted molar refractivity (Wildman–Crippen MR) is 60.5 cm³/mol. The summed E-state index contributed by atoms with van der Waals surface area (Å²) in [5.41, 5.74) is 0.0589. The van der Waals surface area contributed by atoms with E-state index in [2.05, 4.69) is 4.99 Å². The minimum absolute atomic E-state index is 0.139. The van der Waals surface area contributed by atoms with Gasteiger partial charge in [0.05, 0.1) is 18.2 Å². The van der Waals surface area contributed by atoms with E-state index >= 15 is 0 Å². The zero-order chi connectivity index (χ0) is 12.4. The number of amides is 1. The van der Waals surface area contributed by atoms with E-state index in [1.165, 1.54) is 0 Å². The number of aliphatic hydroxyl groups excluding tert-OH is 1.